The van der Waals surface area contributed by atoms with Crippen LogP contribution in [0, 0.1) is 0 Å². The summed E-state index contributed by atoms with van der Waals surface area (Å²) in [5.41, 5.74) is 2.91. The van der Waals surface area contributed by atoms with E-state index in [1.54, 1.807) is 11.8 Å². The molecule has 1 aliphatic rings. The van der Waals surface area contributed by atoms with Gasteiger partial charge >= 0.3 is 0 Å². The molecule has 0 spiro atoms. The van der Waals surface area contributed by atoms with Crippen molar-refractivity contribution in [2.45, 2.75) is 9.79 Å². The number of ether oxygens (including phenoxy) is 1. The van der Waals surface area contributed by atoms with E-state index in [0.29, 0.717) is 0 Å². The van der Waals surface area contributed by atoms with Crippen molar-refractivity contribution >= 4 is 25.1 Å². The molecule has 0 unspecified atom stereocenters. The van der Waals surface area contributed by atoms with Gasteiger partial charge in [-0.1, -0.05) is 65.8 Å². The molecule has 4 rings (SSSR count). The molecule has 1 nitrogen and oxygen atoms in total. The van der Waals surface area contributed by atoms with Gasteiger partial charge in [-0.15, -0.1) is 0 Å². The van der Waals surface area contributed by atoms with E-state index in [9.17, 15) is 0 Å². The summed E-state index contributed by atoms with van der Waals surface area (Å²) in [4.78, 5) is 2.28. The minimum atomic E-state index is 0.758. The van der Waals surface area contributed by atoms with Gasteiger partial charge in [-0.25, -0.2) is 0 Å². The highest BCUT2D eigenvalue weighted by molar-refractivity contribution is 7.99. The number of hydrogen-bond donors (Lipinski definition) is 0. The van der Waals surface area contributed by atoms with Crippen molar-refractivity contribution in [3.8, 4) is 22.6 Å². The Morgan fingerprint density at radius 3 is 2.52 bits per heavy atom. The molecule has 0 bridgehead atoms. The molecule has 0 N–H and O–H groups in total. The van der Waals surface area contributed by atoms with Crippen molar-refractivity contribution in [2.24, 2.45) is 0 Å². The third kappa shape index (κ3) is 2.24. The quantitative estimate of drug-likeness (QED) is 0.479. The molecule has 0 atom stereocenters. The lowest BCUT2D eigenvalue weighted by atomic mass is 9.92. The zero-order valence-electron chi connectivity index (χ0n) is 11.2. The summed E-state index contributed by atoms with van der Waals surface area (Å²) in [5.74, 6) is 1.82. The minimum Gasteiger partial charge on any atom is -0.454 e. The molecule has 3 heteroatoms. The SMILES string of the molecule is [B]c1cccc(-c2cccc3c2Oc2ccccc2S3)c1. The molecule has 1 heterocycles. The van der Waals surface area contributed by atoms with Gasteiger partial charge in [0.25, 0.3) is 0 Å². The molecule has 0 saturated carbocycles. The smallest absolute Gasteiger partial charge is 0.149 e. The average Bonchev–Trinajstić information content (AvgIpc) is 2.52. The summed E-state index contributed by atoms with van der Waals surface area (Å²) in [6, 6.07) is 22.2. The van der Waals surface area contributed by atoms with Crippen LogP contribution in [0.25, 0.3) is 11.1 Å². The fourth-order valence-electron chi connectivity index (χ4n) is 2.48. The summed E-state index contributed by atoms with van der Waals surface area (Å²) in [6.07, 6.45) is 0. The van der Waals surface area contributed by atoms with Crippen LogP contribution in [0.2, 0.25) is 0 Å². The van der Waals surface area contributed by atoms with Gasteiger partial charge in [0.15, 0.2) is 0 Å². The van der Waals surface area contributed by atoms with Crippen molar-refractivity contribution in [1.82, 2.24) is 0 Å². The van der Waals surface area contributed by atoms with Gasteiger partial charge in [0.05, 0.1) is 9.79 Å². The largest absolute Gasteiger partial charge is 0.454 e. The molecule has 0 saturated heterocycles. The van der Waals surface area contributed by atoms with E-state index in [1.807, 2.05) is 36.4 Å². The third-order valence-electron chi connectivity index (χ3n) is 3.46. The van der Waals surface area contributed by atoms with Gasteiger partial charge in [0.1, 0.15) is 19.3 Å². The van der Waals surface area contributed by atoms with Crippen LogP contribution >= 0.6 is 11.8 Å². The molecule has 1 aliphatic heterocycles. The highest BCUT2D eigenvalue weighted by Gasteiger charge is 2.20. The first-order chi connectivity index (χ1) is 10.3. The minimum absolute atomic E-state index is 0.758. The highest BCUT2D eigenvalue weighted by atomic mass is 32.2. The summed E-state index contributed by atoms with van der Waals surface area (Å²) >= 11 is 1.74. The van der Waals surface area contributed by atoms with E-state index in [4.69, 9.17) is 12.6 Å². The van der Waals surface area contributed by atoms with Crippen LogP contribution in [0.3, 0.4) is 0 Å². The number of rotatable bonds is 1. The Balaban J connectivity index is 1.86. The second-order valence-electron chi connectivity index (χ2n) is 4.91. The van der Waals surface area contributed by atoms with Crippen LogP contribution in [0.4, 0.5) is 0 Å². The Morgan fingerprint density at radius 2 is 1.62 bits per heavy atom. The summed E-state index contributed by atoms with van der Waals surface area (Å²) in [6.45, 7) is 0. The lowest BCUT2D eigenvalue weighted by molar-refractivity contribution is 0.456. The van der Waals surface area contributed by atoms with Crippen LogP contribution in [0.5, 0.6) is 11.5 Å². The fourth-order valence-corrected chi connectivity index (χ4v) is 3.47. The number of benzene rings is 3. The van der Waals surface area contributed by atoms with E-state index >= 15 is 0 Å². The van der Waals surface area contributed by atoms with Crippen molar-refractivity contribution in [3.63, 3.8) is 0 Å². The topological polar surface area (TPSA) is 9.23 Å². The average molecular weight is 286 g/mol. The van der Waals surface area contributed by atoms with Crippen molar-refractivity contribution in [2.75, 3.05) is 0 Å². The molecule has 21 heavy (non-hydrogen) atoms. The maximum atomic E-state index is 6.14. The van der Waals surface area contributed by atoms with Crippen molar-refractivity contribution in [1.29, 1.82) is 0 Å². The van der Waals surface area contributed by atoms with Crippen LogP contribution in [0.15, 0.2) is 76.5 Å². The van der Waals surface area contributed by atoms with E-state index in [2.05, 4.69) is 30.3 Å². The number of para-hydroxylation sites is 2. The van der Waals surface area contributed by atoms with Gasteiger partial charge in [0.2, 0.25) is 0 Å². The zero-order valence-corrected chi connectivity index (χ0v) is 12.1. The fraction of sp³-hybridized carbons (Fsp3) is 0. The van der Waals surface area contributed by atoms with Gasteiger partial charge in [-0.05, 0) is 23.8 Å². The van der Waals surface area contributed by atoms with E-state index < -0.39 is 0 Å². The van der Waals surface area contributed by atoms with Gasteiger partial charge in [-0.2, -0.15) is 0 Å². The van der Waals surface area contributed by atoms with Crippen molar-refractivity contribution < 1.29 is 4.74 Å². The molecular weight excluding hydrogens is 275 g/mol. The number of hydrogen-bond acceptors (Lipinski definition) is 2. The van der Waals surface area contributed by atoms with Gasteiger partial charge in [-0.3, -0.25) is 0 Å². The molecule has 3 aromatic rings. The predicted molar refractivity (Wildman–Crippen MR) is 87.9 cm³/mol. The maximum Gasteiger partial charge on any atom is 0.149 e. The van der Waals surface area contributed by atoms with E-state index in [0.717, 1.165) is 37.9 Å². The summed E-state index contributed by atoms with van der Waals surface area (Å²) < 4.78 is 6.14. The predicted octanol–water partition coefficient (Wildman–Crippen LogP) is 4.40. The lowest BCUT2D eigenvalue weighted by Gasteiger charge is -2.22. The molecule has 3 aromatic carbocycles. The molecule has 0 aliphatic carbocycles. The Morgan fingerprint density at radius 1 is 0.810 bits per heavy atom. The molecule has 98 valence electrons. The van der Waals surface area contributed by atoms with Gasteiger partial charge in [0, 0.05) is 5.56 Å². The number of fused-ring (bicyclic) bond motifs is 2. The molecule has 0 amide bonds. The van der Waals surface area contributed by atoms with Crippen LogP contribution in [0.1, 0.15) is 0 Å². The van der Waals surface area contributed by atoms with E-state index in [-0.39, 0.29) is 0 Å². The maximum absolute atomic E-state index is 6.14. The second kappa shape index (κ2) is 5.01. The highest BCUT2D eigenvalue weighted by Crippen LogP contribution is 2.50. The molecular formula is C18H11BOS. The Hall–Kier alpha value is -2.13. The first-order valence-electron chi connectivity index (χ1n) is 6.75. The lowest BCUT2D eigenvalue weighted by Crippen LogP contribution is -2.02. The molecule has 0 fully saturated rings. The van der Waals surface area contributed by atoms with Crippen LogP contribution in [-0.4, -0.2) is 7.85 Å². The van der Waals surface area contributed by atoms with Gasteiger partial charge < -0.3 is 4.74 Å². The standard InChI is InChI=1S/C18H11BOS/c19-13-6-3-5-12(11-13)14-7-4-10-17-18(14)20-15-8-1-2-9-16(15)21-17/h1-11H. The van der Waals surface area contributed by atoms with Crippen LogP contribution in [-0.2, 0) is 0 Å². The first kappa shape index (κ1) is 12.6. The van der Waals surface area contributed by atoms with Crippen LogP contribution < -0.4 is 10.2 Å². The molecule has 0 aromatic heterocycles. The Bertz CT molecular complexity index is 829. The van der Waals surface area contributed by atoms with E-state index in [1.165, 1.54) is 0 Å². The zero-order chi connectivity index (χ0) is 14.2. The third-order valence-corrected chi connectivity index (χ3v) is 4.56. The van der Waals surface area contributed by atoms with Crippen molar-refractivity contribution in [3.05, 3.63) is 66.7 Å². The first-order valence-corrected chi connectivity index (χ1v) is 7.56. The Kier molecular flexibility index (Phi) is 3.01. The Labute approximate surface area is 129 Å². The summed E-state index contributed by atoms with van der Waals surface area (Å²) in [5, 5.41) is 0. The summed E-state index contributed by atoms with van der Waals surface area (Å²) in [7, 11) is 5.90. The second-order valence-corrected chi connectivity index (χ2v) is 5.99. The molecule has 2 radical (unpaired) electrons. The monoisotopic (exact) mass is 286 g/mol. The normalized spacial score (nSPS) is 12.2.